The first-order chi connectivity index (χ1) is 8.08. The van der Waals surface area contributed by atoms with Crippen molar-refractivity contribution >= 4 is 11.6 Å². The van der Waals surface area contributed by atoms with Crippen LogP contribution >= 0.6 is 11.6 Å². The lowest BCUT2D eigenvalue weighted by Crippen LogP contribution is -2.41. The number of nitrogens with zero attached hydrogens (tertiary/aromatic N) is 1. The Labute approximate surface area is 107 Å². The zero-order valence-electron chi connectivity index (χ0n) is 10.00. The molecule has 2 nitrogen and oxygen atoms in total. The summed E-state index contributed by atoms with van der Waals surface area (Å²) < 4.78 is 13.0. The number of likely N-dealkylation sites (N-methyl/N-ethyl adjacent to an activating group) is 1. The first kappa shape index (κ1) is 12.8. The molecule has 94 valence electrons. The van der Waals surface area contributed by atoms with Crippen LogP contribution in [-0.4, -0.2) is 24.0 Å². The van der Waals surface area contributed by atoms with E-state index in [1.54, 1.807) is 12.1 Å². The van der Waals surface area contributed by atoms with Crippen molar-refractivity contribution in [1.82, 2.24) is 4.90 Å². The summed E-state index contributed by atoms with van der Waals surface area (Å²) >= 11 is 5.77. The zero-order valence-corrected chi connectivity index (χ0v) is 10.8. The number of hydrogen-bond donors (Lipinski definition) is 1. The van der Waals surface area contributed by atoms with Crippen molar-refractivity contribution in [1.29, 1.82) is 0 Å². The standard InChI is InChI=1S/C13H18ClFN2/c1-17(13-4-2-3-12(13)16)8-9-5-6-11(15)10(14)7-9/h5-7,12-13H,2-4,8,16H2,1H3. The molecule has 0 bridgehead atoms. The fourth-order valence-corrected chi connectivity index (χ4v) is 2.76. The monoisotopic (exact) mass is 256 g/mol. The van der Waals surface area contributed by atoms with Crippen LogP contribution in [0.1, 0.15) is 24.8 Å². The fraction of sp³-hybridized carbons (Fsp3) is 0.538. The van der Waals surface area contributed by atoms with Crippen LogP contribution in [0, 0.1) is 5.82 Å². The molecule has 2 atom stereocenters. The Morgan fingerprint density at radius 3 is 2.82 bits per heavy atom. The molecule has 1 aromatic rings. The van der Waals surface area contributed by atoms with E-state index in [2.05, 4.69) is 11.9 Å². The van der Waals surface area contributed by atoms with E-state index in [0.717, 1.165) is 24.9 Å². The number of rotatable bonds is 3. The van der Waals surface area contributed by atoms with Gasteiger partial charge in [0.25, 0.3) is 0 Å². The minimum atomic E-state index is -0.365. The molecular formula is C13H18ClFN2. The number of halogens is 2. The van der Waals surface area contributed by atoms with E-state index in [0.29, 0.717) is 6.04 Å². The minimum absolute atomic E-state index is 0.187. The lowest BCUT2D eigenvalue weighted by Gasteiger charge is -2.27. The van der Waals surface area contributed by atoms with E-state index in [1.807, 2.05) is 0 Å². The molecule has 1 aliphatic rings. The number of hydrogen-bond acceptors (Lipinski definition) is 2. The maximum absolute atomic E-state index is 13.0. The van der Waals surface area contributed by atoms with E-state index >= 15 is 0 Å². The Kier molecular flexibility index (Phi) is 4.02. The molecule has 2 rings (SSSR count). The van der Waals surface area contributed by atoms with Gasteiger partial charge in [-0.2, -0.15) is 0 Å². The second-order valence-electron chi connectivity index (χ2n) is 4.83. The summed E-state index contributed by atoms with van der Waals surface area (Å²) in [4.78, 5) is 2.24. The predicted octanol–water partition coefficient (Wildman–Crippen LogP) is 2.79. The van der Waals surface area contributed by atoms with Crippen LogP contribution in [0.2, 0.25) is 5.02 Å². The van der Waals surface area contributed by atoms with Crippen molar-refractivity contribution in [3.8, 4) is 0 Å². The predicted molar refractivity (Wildman–Crippen MR) is 68.5 cm³/mol. The van der Waals surface area contributed by atoms with Crippen LogP contribution in [0.25, 0.3) is 0 Å². The Balaban J connectivity index is 2.02. The first-order valence-electron chi connectivity index (χ1n) is 5.97. The highest BCUT2D eigenvalue weighted by Gasteiger charge is 2.27. The molecule has 4 heteroatoms. The Morgan fingerprint density at radius 2 is 2.24 bits per heavy atom. The largest absolute Gasteiger partial charge is 0.326 e. The Bertz CT molecular complexity index is 397. The summed E-state index contributed by atoms with van der Waals surface area (Å²) in [6.45, 7) is 0.762. The van der Waals surface area contributed by atoms with Gasteiger partial charge in [0.15, 0.2) is 0 Å². The van der Waals surface area contributed by atoms with Gasteiger partial charge in [-0.05, 0) is 37.6 Å². The zero-order chi connectivity index (χ0) is 12.4. The SMILES string of the molecule is CN(Cc1ccc(F)c(Cl)c1)C1CCCC1N. The smallest absolute Gasteiger partial charge is 0.141 e. The number of nitrogens with two attached hydrogens (primary N) is 1. The van der Waals surface area contributed by atoms with Gasteiger partial charge in [0, 0.05) is 18.6 Å². The van der Waals surface area contributed by atoms with Gasteiger partial charge >= 0.3 is 0 Å². The summed E-state index contributed by atoms with van der Waals surface area (Å²) in [7, 11) is 2.06. The molecule has 0 amide bonds. The van der Waals surface area contributed by atoms with Crippen molar-refractivity contribution in [2.75, 3.05) is 7.05 Å². The fourth-order valence-electron chi connectivity index (χ4n) is 2.56. The van der Waals surface area contributed by atoms with E-state index in [9.17, 15) is 4.39 Å². The summed E-state index contributed by atoms with van der Waals surface area (Å²) in [6.07, 6.45) is 3.44. The van der Waals surface area contributed by atoms with Crippen LogP contribution in [0.4, 0.5) is 4.39 Å². The molecule has 0 aliphatic heterocycles. The van der Waals surface area contributed by atoms with Crippen LogP contribution in [-0.2, 0) is 6.54 Å². The van der Waals surface area contributed by atoms with Gasteiger partial charge in [0.2, 0.25) is 0 Å². The third-order valence-electron chi connectivity index (χ3n) is 3.51. The molecule has 0 heterocycles. The van der Waals surface area contributed by atoms with E-state index in [4.69, 9.17) is 17.3 Å². The Hall–Kier alpha value is -0.640. The van der Waals surface area contributed by atoms with Gasteiger partial charge in [-0.15, -0.1) is 0 Å². The highest BCUT2D eigenvalue weighted by molar-refractivity contribution is 6.30. The van der Waals surface area contributed by atoms with E-state index in [-0.39, 0.29) is 16.9 Å². The van der Waals surface area contributed by atoms with Gasteiger partial charge < -0.3 is 5.73 Å². The van der Waals surface area contributed by atoms with Crippen LogP contribution in [0.3, 0.4) is 0 Å². The third-order valence-corrected chi connectivity index (χ3v) is 3.80. The van der Waals surface area contributed by atoms with Crippen molar-refractivity contribution in [2.45, 2.75) is 37.9 Å². The maximum Gasteiger partial charge on any atom is 0.141 e. The topological polar surface area (TPSA) is 29.3 Å². The molecule has 1 fully saturated rings. The van der Waals surface area contributed by atoms with Crippen LogP contribution < -0.4 is 5.73 Å². The normalized spacial score (nSPS) is 24.5. The highest BCUT2D eigenvalue weighted by atomic mass is 35.5. The summed E-state index contributed by atoms with van der Waals surface area (Å²) in [6, 6.07) is 5.57. The molecule has 0 spiro atoms. The van der Waals surface area contributed by atoms with Gasteiger partial charge in [-0.1, -0.05) is 24.1 Å². The minimum Gasteiger partial charge on any atom is -0.326 e. The van der Waals surface area contributed by atoms with Crippen molar-refractivity contribution in [2.24, 2.45) is 5.73 Å². The molecule has 17 heavy (non-hydrogen) atoms. The quantitative estimate of drug-likeness (QED) is 0.901. The van der Waals surface area contributed by atoms with Gasteiger partial charge in [-0.25, -0.2) is 4.39 Å². The average molecular weight is 257 g/mol. The van der Waals surface area contributed by atoms with Crippen LogP contribution in [0.5, 0.6) is 0 Å². The highest BCUT2D eigenvalue weighted by Crippen LogP contribution is 2.24. The molecule has 2 unspecified atom stereocenters. The van der Waals surface area contributed by atoms with E-state index < -0.39 is 0 Å². The van der Waals surface area contributed by atoms with Gasteiger partial charge in [-0.3, -0.25) is 4.90 Å². The van der Waals surface area contributed by atoms with Crippen molar-refractivity contribution in [3.05, 3.63) is 34.6 Å². The molecule has 0 saturated heterocycles. The van der Waals surface area contributed by atoms with Gasteiger partial charge in [0.1, 0.15) is 5.82 Å². The average Bonchev–Trinajstić information content (AvgIpc) is 2.70. The second-order valence-corrected chi connectivity index (χ2v) is 5.23. The summed E-state index contributed by atoms with van der Waals surface area (Å²) in [5, 5.41) is 0.187. The van der Waals surface area contributed by atoms with E-state index in [1.165, 1.54) is 12.5 Å². The molecule has 0 aromatic heterocycles. The van der Waals surface area contributed by atoms with Gasteiger partial charge in [0.05, 0.1) is 5.02 Å². The third kappa shape index (κ3) is 2.97. The second kappa shape index (κ2) is 5.34. The lowest BCUT2D eigenvalue weighted by molar-refractivity contribution is 0.220. The lowest BCUT2D eigenvalue weighted by atomic mass is 10.1. The van der Waals surface area contributed by atoms with Crippen LogP contribution in [0.15, 0.2) is 18.2 Å². The Morgan fingerprint density at radius 1 is 1.47 bits per heavy atom. The first-order valence-corrected chi connectivity index (χ1v) is 6.35. The maximum atomic E-state index is 13.0. The molecule has 0 radical (unpaired) electrons. The van der Waals surface area contributed by atoms with Crippen molar-refractivity contribution < 1.29 is 4.39 Å². The molecule has 1 saturated carbocycles. The molecular weight excluding hydrogens is 239 g/mol. The molecule has 1 aliphatic carbocycles. The molecule has 2 N–H and O–H groups in total. The number of benzene rings is 1. The van der Waals surface area contributed by atoms with Crippen molar-refractivity contribution in [3.63, 3.8) is 0 Å². The molecule has 1 aromatic carbocycles. The summed E-state index contributed by atoms with van der Waals surface area (Å²) in [5.74, 6) is -0.365. The summed E-state index contributed by atoms with van der Waals surface area (Å²) in [5.41, 5.74) is 7.09.